The van der Waals surface area contributed by atoms with E-state index in [0.717, 1.165) is 19.4 Å². The molecular weight excluding hydrogens is 262 g/mol. The number of aliphatic hydroxyl groups is 2. The summed E-state index contributed by atoms with van der Waals surface area (Å²) in [5.41, 5.74) is 1.45. The first-order chi connectivity index (χ1) is 9.15. The Morgan fingerprint density at radius 2 is 1.70 bits per heavy atom. The molecule has 1 aromatic carbocycles. The summed E-state index contributed by atoms with van der Waals surface area (Å²) in [6, 6.07) is 9.09. The Hall–Kier alpha value is -1.96. The van der Waals surface area contributed by atoms with E-state index in [4.69, 9.17) is 5.73 Å². The van der Waals surface area contributed by atoms with Crippen LogP contribution in [0.2, 0.25) is 0 Å². The summed E-state index contributed by atoms with van der Waals surface area (Å²) in [7, 11) is 0. The van der Waals surface area contributed by atoms with E-state index in [2.05, 4.69) is 10.6 Å². The van der Waals surface area contributed by atoms with E-state index in [-0.39, 0.29) is 6.54 Å². The number of nitrogens with one attached hydrogen (secondary N) is 2. The van der Waals surface area contributed by atoms with Crippen LogP contribution in [-0.4, -0.2) is 33.5 Å². The molecule has 0 aromatic heterocycles. The van der Waals surface area contributed by atoms with Crippen molar-refractivity contribution in [1.82, 2.24) is 10.6 Å². The summed E-state index contributed by atoms with van der Waals surface area (Å²) in [5.74, 6) is -1.89. The van der Waals surface area contributed by atoms with Gasteiger partial charge in [0.05, 0.1) is 0 Å². The van der Waals surface area contributed by atoms with Crippen molar-refractivity contribution >= 4 is 11.8 Å². The Morgan fingerprint density at radius 1 is 1.15 bits per heavy atom. The lowest BCUT2D eigenvalue weighted by Gasteiger charge is -2.31. The molecule has 2 atom stereocenters. The van der Waals surface area contributed by atoms with Crippen LogP contribution in [0.4, 0.5) is 0 Å². The van der Waals surface area contributed by atoms with Gasteiger partial charge in [-0.1, -0.05) is 30.3 Å². The summed E-state index contributed by atoms with van der Waals surface area (Å²) in [4.78, 5) is 22.8. The molecule has 0 heterocycles. The van der Waals surface area contributed by atoms with Gasteiger partial charge < -0.3 is 21.3 Å². The van der Waals surface area contributed by atoms with Crippen molar-refractivity contribution in [2.24, 2.45) is 5.73 Å². The smallest absolute Gasteiger partial charge is 0.267 e. The first kappa shape index (κ1) is 16.1. The maximum atomic E-state index is 11.9. The fraction of sp³-hybridized carbons (Fsp3) is 0.385. The lowest BCUT2D eigenvalue weighted by Crippen LogP contribution is -2.66. The number of carbonyl (C=O) groups is 2. The predicted octanol–water partition coefficient (Wildman–Crippen LogP) is -1.21. The van der Waals surface area contributed by atoms with E-state index in [9.17, 15) is 19.8 Å². The molecule has 0 radical (unpaired) electrons. The highest BCUT2D eigenvalue weighted by Gasteiger charge is 2.40. The number of benzene rings is 1. The van der Waals surface area contributed by atoms with Crippen molar-refractivity contribution in [3.8, 4) is 0 Å². The second kappa shape index (κ2) is 6.00. The Kier molecular flexibility index (Phi) is 4.83. The van der Waals surface area contributed by atoms with E-state index >= 15 is 0 Å². The molecule has 0 aliphatic rings. The van der Waals surface area contributed by atoms with Crippen LogP contribution in [-0.2, 0) is 16.1 Å². The molecular formula is C13H19N3O4. The number of primary amides is 1. The van der Waals surface area contributed by atoms with Gasteiger partial charge in [-0.05, 0) is 19.4 Å². The van der Waals surface area contributed by atoms with E-state index in [1.807, 2.05) is 30.3 Å². The molecule has 110 valence electrons. The highest BCUT2D eigenvalue weighted by Crippen LogP contribution is 2.07. The minimum Gasteiger partial charge on any atom is -0.368 e. The topological polar surface area (TPSA) is 125 Å². The number of carbonyl (C=O) groups excluding carboxylic acids is 2. The minimum atomic E-state index is -2.20. The average Bonchev–Trinajstić information content (AvgIpc) is 2.35. The second-order valence-electron chi connectivity index (χ2n) is 4.80. The lowest BCUT2D eigenvalue weighted by molar-refractivity contribution is -0.159. The lowest BCUT2D eigenvalue weighted by atomic mass is 10.1. The molecule has 2 amide bonds. The Labute approximate surface area is 116 Å². The number of hydrogen-bond donors (Lipinski definition) is 5. The zero-order valence-electron chi connectivity index (χ0n) is 11.4. The molecule has 7 nitrogen and oxygen atoms in total. The van der Waals surface area contributed by atoms with Crippen LogP contribution < -0.4 is 16.4 Å². The maximum Gasteiger partial charge on any atom is 0.267 e. The Morgan fingerprint density at radius 3 is 2.20 bits per heavy atom. The number of rotatable bonds is 6. The molecule has 0 bridgehead atoms. The molecule has 20 heavy (non-hydrogen) atoms. The summed E-state index contributed by atoms with van der Waals surface area (Å²) < 4.78 is 0. The summed E-state index contributed by atoms with van der Waals surface area (Å²) in [5, 5.41) is 24.2. The molecule has 2 unspecified atom stereocenters. The molecule has 0 aliphatic carbocycles. The van der Waals surface area contributed by atoms with Gasteiger partial charge in [0, 0.05) is 6.54 Å². The SMILES string of the molecule is CC(O)(NC(C)(O)C(=O)NCc1ccccc1)C(N)=O. The van der Waals surface area contributed by atoms with Crippen LogP contribution in [0.5, 0.6) is 0 Å². The van der Waals surface area contributed by atoms with Gasteiger partial charge in [-0.25, -0.2) is 5.32 Å². The molecule has 6 N–H and O–H groups in total. The van der Waals surface area contributed by atoms with Gasteiger partial charge in [0.2, 0.25) is 0 Å². The third kappa shape index (κ3) is 4.30. The molecule has 0 saturated carbocycles. The fourth-order valence-electron chi connectivity index (χ4n) is 1.54. The minimum absolute atomic E-state index is 0.205. The van der Waals surface area contributed by atoms with Gasteiger partial charge in [-0.2, -0.15) is 0 Å². The van der Waals surface area contributed by atoms with Crippen molar-refractivity contribution in [2.75, 3.05) is 0 Å². The Balaban J connectivity index is 2.63. The van der Waals surface area contributed by atoms with Crippen LogP contribution in [0.3, 0.4) is 0 Å². The van der Waals surface area contributed by atoms with E-state index in [0.29, 0.717) is 0 Å². The largest absolute Gasteiger partial charge is 0.368 e. The third-order valence-corrected chi connectivity index (χ3v) is 2.70. The highest BCUT2D eigenvalue weighted by molar-refractivity contribution is 5.87. The number of hydrogen-bond acceptors (Lipinski definition) is 5. The van der Waals surface area contributed by atoms with Gasteiger partial charge in [0.15, 0.2) is 11.4 Å². The monoisotopic (exact) mass is 281 g/mol. The van der Waals surface area contributed by atoms with Crippen LogP contribution in [0, 0.1) is 0 Å². The zero-order chi connectivity index (χ0) is 15.4. The molecule has 0 aliphatic heterocycles. The fourth-order valence-corrected chi connectivity index (χ4v) is 1.54. The summed E-state index contributed by atoms with van der Waals surface area (Å²) in [6.07, 6.45) is 0. The van der Waals surface area contributed by atoms with Gasteiger partial charge in [-0.15, -0.1) is 0 Å². The van der Waals surface area contributed by atoms with Crippen LogP contribution >= 0.6 is 0 Å². The van der Waals surface area contributed by atoms with Gasteiger partial charge >= 0.3 is 0 Å². The second-order valence-corrected chi connectivity index (χ2v) is 4.80. The maximum absolute atomic E-state index is 11.9. The molecule has 0 fully saturated rings. The van der Waals surface area contributed by atoms with Gasteiger partial charge in [0.25, 0.3) is 11.8 Å². The summed E-state index contributed by atoms with van der Waals surface area (Å²) in [6.45, 7) is 2.37. The normalized spacial score (nSPS) is 16.8. The average molecular weight is 281 g/mol. The number of amides is 2. The summed E-state index contributed by atoms with van der Waals surface area (Å²) >= 11 is 0. The molecule has 0 saturated heterocycles. The van der Waals surface area contributed by atoms with Crippen LogP contribution in [0.15, 0.2) is 30.3 Å². The van der Waals surface area contributed by atoms with Crippen molar-refractivity contribution in [1.29, 1.82) is 0 Å². The van der Waals surface area contributed by atoms with E-state index < -0.39 is 23.3 Å². The van der Waals surface area contributed by atoms with E-state index in [1.165, 1.54) is 0 Å². The molecule has 1 rings (SSSR count). The van der Waals surface area contributed by atoms with E-state index in [1.54, 1.807) is 0 Å². The quantitative estimate of drug-likeness (QED) is 0.419. The third-order valence-electron chi connectivity index (χ3n) is 2.70. The van der Waals surface area contributed by atoms with Crippen LogP contribution in [0.25, 0.3) is 0 Å². The van der Waals surface area contributed by atoms with Crippen molar-refractivity contribution in [2.45, 2.75) is 31.8 Å². The first-order valence-electron chi connectivity index (χ1n) is 6.01. The first-order valence-corrected chi connectivity index (χ1v) is 6.01. The standard InChI is InChI=1S/C13H19N3O4/c1-12(19,10(14)17)16-13(2,20)11(18)15-8-9-6-4-3-5-7-9/h3-7,16,19-20H,8H2,1-2H3,(H2,14,17)(H,15,18). The number of nitrogens with two attached hydrogens (primary N) is 1. The Bertz CT molecular complexity index is 486. The van der Waals surface area contributed by atoms with Gasteiger partial charge in [-0.3, -0.25) is 9.59 Å². The van der Waals surface area contributed by atoms with Crippen molar-refractivity contribution < 1.29 is 19.8 Å². The molecule has 0 spiro atoms. The predicted molar refractivity (Wildman–Crippen MR) is 71.9 cm³/mol. The van der Waals surface area contributed by atoms with Gasteiger partial charge in [0.1, 0.15) is 0 Å². The molecule has 7 heteroatoms. The van der Waals surface area contributed by atoms with Crippen LogP contribution in [0.1, 0.15) is 19.4 Å². The van der Waals surface area contributed by atoms with Crippen molar-refractivity contribution in [3.63, 3.8) is 0 Å². The molecule has 1 aromatic rings. The highest BCUT2D eigenvalue weighted by atomic mass is 16.4. The van der Waals surface area contributed by atoms with Crippen molar-refractivity contribution in [3.05, 3.63) is 35.9 Å². The zero-order valence-corrected chi connectivity index (χ0v) is 11.4.